The normalized spacial score (nSPS) is 16.8. The molecule has 182 valence electrons. The number of amides is 2. The fraction of sp³-hybridized carbons (Fsp3) is 0.360. The molecule has 10 heteroatoms. The van der Waals surface area contributed by atoms with Crippen LogP contribution in [0.15, 0.2) is 42.7 Å². The summed E-state index contributed by atoms with van der Waals surface area (Å²) in [6.07, 6.45) is 1.54. The van der Waals surface area contributed by atoms with Crippen LogP contribution in [0.4, 0.5) is 0 Å². The zero-order valence-corrected chi connectivity index (χ0v) is 20.6. The summed E-state index contributed by atoms with van der Waals surface area (Å²) in [6, 6.07) is 11.1. The number of aromatic nitrogens is 3. The first-order chi connectivity index (χ1) is 16.7. The largest absolute Gasteiger partial charge is 0.486 e. The highest BCUT2D eigenvalue weighted by molar-refractivity contribution is 6.32. The second-order valence-corrected chi connectivity index (χ2v) is 9.74. The fourth-order valence-electron chi connectivity index (χ4n) is 4.50. The second kappa shape index (κ2) is 8.88. The molecular weight excluding hydrogens is 470 g/mol. The lowest BCUT2D eigenvalue weighted by Gasteiger charge is -2.46. The first-order valence-electron chi connectivity index (χ1n) is 11.4. The third kappa shape index (κ3) is 4.43. The maximum Gasteiger partial charge on any atom is 0.294 e. The zero-order valence-electron chi connectivity index (χ0n) is 19.8. The van der Waals surface area contributed by atoms with E-state index in [0.717, 1.165) is 11.3 Å². The molecule has 0 spiro atoms. The van der Waals surface area contributed by atoms with Crippen molar-refractivity contribution in [3.63, 3.8) is 0 Å². The van der Waals surface area contributed by atoms with E-state index in [1.165, 1.54) is 0 Å². The summed E-state index contributed by atoms with van der Waals surface area (Å²) in [5.74, 6) is 0.609. The van der Waals surface area contributed by atoms with Gasteiger partial charge < -0.3 is 19.3 Å². The van der Waals surface area contributed by atoms with Crippen molar-refractivity contribution in [2.75, 3.05) is 32.8 Å². The molecule has 3 heterocycles. The molecule has 2 aromatic carbocycles. The molecule has 5 rings (SSSR count). The van der Waals surface area contributed by atoms with Gasteiger partial charge in [0.15, 0.2) is 11.5 Å². The molecule has 0 saturated carbocycles. The van der Waals surface area contributed by atoms with E-state index in [1.807, 2.05) is 45.0 Å². The zero-order chi connectivity index (χ0) is 24.7. The van der Waals surface area contributed by atoms with Gasteiger partial charge in [-0.2, -0.15) is 0 Å². The Morgan fingerprint density at radius 1 is 1.06 bits per heavy atom. The Morgan fingerprint density at radius 2 is 1.86 bits per heavy atom. The fourth-order valence-corrected chi connectivity index (χ4v) is 4.76. The summed E-state index contributed by atoms with van der Waals surface area (Å²) >= 11 is 6.33. The first-order valence-corrected chi connectivity index (χ1v) is 11.8. The maximum atomic E-state index is 13.3. The molecule has 35 heavy (non-hydrogen) atoms. The minimum atomic E-state index is -0.628. The summed E-state index contributed by atoms with van der Waals surface area (Å²) in [7, 11) is 0. The van der Waals surface area contributed by atoms with Crippen molar-refractivity contribution in [1.82, 2.24) is 24.6 Å². The van der Waals surface area contributed by atoms with E-state index < -0.39 is 5.54 Å². The van der Waals surface area contributed by atoms with Crippen LogP contribution in [0.1, 0.15) is 40.4 Å². The van der Waals surface area contributed by atoms with Crippen molar-refractivity contribution in [1.29, 1.82) is 0 Å². The van der Waals surface area contributed by atoms with E-state index in [4.69, 9.17) is 21.1 Å². The van der Waals surface area contributed by atoms with Gasteiger partial charge in [-0.15, -0.1) is 5.10 Å². The summed E-state index contributed by atoms with van der Waals surface area (Å²) in [5, 5.41) is 4.75. The highest BCUT2D eigenvalue weighted by Gasteiger charge is 2.40. The van der Waals surface area contributed by atoms with E-state index in [-0.39, 0.29) is 17.6 Å². The molecule has 9 nitrogen and oxygen atoms in total. The molecular formula is C25H26ClN5O4. The smallest absolute Gasteiger partial charge is 0.294 e. The third-order valence-electron chi connectivity index (χ3n) is 6.23. The maximum absolute atomic E-state index is 13.3. The van der Waals surface area contributed by atoms with E-state index >= 15 is 0 Å². The van der Waals surface area contributed by atoms with Gasteiger partial charge in [-0.3, -0.25) is 9.59 Å². The molecule has 2 aliphatic rings. The van der Waals surface area contributed by atoms with Gasteiger partial charge in [-0.1, -0.05) is 23.7 Å². The highest BCUT2D eigenvalue weighted by atomic mass is 35.5. The molecule has 1 aromatic heterocycles. The van der Waals surface area contributed by atoms with Crippen LogP contribution in [0.5, 0.6) is 11.5 Å². The third-order valence-corrected chi connectivity index (χ3v) is 6.51. The molecule has 1 saturated heterocycles. The van der Waals surface area contributed by atoms with Crippen LogP contribution in [0.2, 0.25) is 5.02 Å². The highest BCUT2D eigenvalue weighted by Crippen LogP contribution is 2.39. The minimum Gasteiger partial charge on any atom is -0.486 e. The Balaban J connectivity index is 1.31. The van der Waals surface area contributed by atoms with Gasteiger partial charge in [0.25, 0.3) is 11.8 Å². The number of nitrogens with zero attached hydrogens (tertiary/aromatic N) is 5. The SMILES string of the molecule is Cc1cccc(-n2cnc(C(=O)N3CCN(C(=O)c4cc(Cl)c5c(c4)OCCO5)CC3(C)C)n2)c1. The predicted molar refractivity (Wildman–Crippen MR) is 130 cm³/mol. The summed E-state index contributed by atoms with van der Waals surface area (Å²) in [6.45, 7) is 7.76. The molecule has 0 unspecified atom stereocenters. The van der Waals surface area contributed by atoms with Gasteiger partial charge in [-0.05, 0) is 50.6 Å². The van der Waals surface area contributed by atoms with Gasteiger partial charge in [0.05, 0.1) is 16.2 Å². The van der Waals surface area contributed by atoms with E-state index in [9.17, 15) is 9.59 Å². The molecule has 2 aliphatic heterocycles. The lowest BCUT2D eigenvalue weighted by atomic mass is 9.97. The number of aryl methyl sites for hydroxylation is 1. The molecule has 0 radical (unpaired) electrons. The van der Waals surface area contributed by atoms with Crippen LogP contribution < -0.4 is 9.47 Å². The van der Waals surface area contributed by atoms with Crippen LogP contribution in [0.3, 0.4) is 0 Å². The van der Waals surface area contributed by atoms with Gasteiger partial charge in [0.2, 0.25) is 5.82 Å². The van der Waals surface area contributed by atoms with E-state index in [2.05, 4.69) is 10.1 Å². The quantitative estimate of drug-likeness (QED) is 0.553. The van der Waals surface area contributed by atoms with Crippen molar-refractivity contribution >= 4 is 23.4 Å². The average molecular weight is 496 g/mol. The topological polar surface area (TPSA) is 89.8 Å². The number of hydrogen-bond acceptors (Lipinski definition) is 6. The number of carbonyl (C=O) groups is 2. The van der Waals surface area contributed by atoms with Gasteiger partial charge in [0.1, 0.15) is 19.5 Å². The molecule has 2 amide bonds. The van der Waals surface area contributed by atoms with Gasteiger partial charge in [-0.25, -0.2) is 9.67 Å². The molecule has 0 bridgehead atoms. The van der Waals surface area contributed by atoms with Crippen LogP contribution in [-0.2, 0) is 0 Å². The van der Waals surface area contributed by atoms with Crippen LogP contribution in [0, 0.1) is 6.92 Å². The first kappa shape index (κ1) is 23.2. The Hall–Kier alpha value is -3.59. The molecule has 0 atom stereocenters. The average Bonchev–Trinajstić information content (AvgIpc) is 3.33. The monoisotopic (exact) mass is 495 g/mol. The van der Waals surface area contributed by atoms with Crippen molar-refractivity contribution in [3.8, 4) is 17.2 Å². The minimum absolute atomic E-state index is 0.123. The van der Waals surface area contributed by atoms with E-state index in [1.54, 1.807) is 32.9 Å². The van der Waals surface area contributed by atoms with Crippen molar-refractivity contribution in [2.24, 2.45) is 0 Å². The molecule has 0 aliphatic carbocycles. The number of rotatable bonds is 3. The van der Waals surface area contributed by atoms with Gasteiger partial charge >= 0.3 is 0 Å². The van der Waals surface area contributed by atoms with E-state index in [0.29, 0.717) is 54.9 Å². The number of halogens is 1. The standard InChI is InChI=1S/C25H26ClN5O4/c1-16-5-4-6-18(11-16)31-15-27-22(28-31)24(33)30-8-7-29(14-25(30,2)3)23(32)17-12-19(26)21-20(13-17)34-9-10-35-21/h4-6,11-13,15H,7-10,14H2,1-3H3. The Kier molecular flexibility index (Phi) is 5.88. The molecule has 0 N–H and O–H groups in total. The number of hydrogen-bond donors (Lipinski definition) is 0. The summed E-state index contributed by atoms with van der Waals surface area (Å²) in [4.78, 5) is 34.3. The predicted octanol–water partition coefficient (Wildman–Crippen LogP) is 3.38. The number of carbonyl (C=O) groups excluding carboxylic acids is 2. The number of piperazine rings is 1. The second-order valence-electron chi connectivity index (χ2n) is 9.33. The van der Waals surface area contributed by atoms with Crippen LogP contribution in [-0.4, -0.2) is 74.8 Å². The number of benzene rings is 2. The lowest BCUT2D eigenvalue weighted by molar-refractivity contribution is 0.0160. The van der Waals surface area contributed by atoms with Gasteiger partial charge in [0, 0.05) is 25.2 Å². The van der Waals surface area contributed by atoms with Crippen molar-refractivity contribution < 1.29 is 19.1 Å². The van der Waals surface area contributed by atoms with Crippen molar-refractivity contribution in [2.45, 2.75) is 26.3 Å². The Morgan fingerprint density at radius 3 is 2.63 bits per heavy atom. The van der Waals surface area contributed by atoms with Crippen molar-refractivity contribution in [3.05, 3.63) is 64.7 Å². The molecule has 1 fully saturated rings. The number of fused-ring (bicyclic) bond motifs is 1. The summed E-state index contributed by atoms with van der Waals surface area (Å²) < 4.78 is 12.8. The Labute approximate surface area is 208 Å². The molecule has 3 aromatic rings. The Bertz CT molecular complexity index is 1300. The summed E-state index contributed by atoms with van der Waals surface area (Å²) in [5.41, 5.74) is 1.72. The van der Waals surface area contributed by atoms with Crippen LogP contribution >= 0.6 is 11.6 Å². The van der Waals surface area contributed by atoms with Crippen LogP contribution in [0.25, 0.3) is 5.69 Å². The lowest BCUT2D eigenvalue weighted by Crippen LogP contribution is -2.62. The number of ether oxygens (including phenoxy) is 2.